The number of pyridine rings is 1. The van der Waals surface area contributed by atoms with Crippen LogP contribution < -0.4 is 5.32 Å². The SMILES string of the molecule is CCC(=O)NC(CC)c1cncc(Br)c1CC. The lowest BCUT2D eigenvalue weighted by atomic mass is 9.99. The first-order valence-electron chi connectivity index (χ1n) is 6.05. The van der Waals surface area contributed by atoms with Gasteiger partial charge in [0.2, 0.25) is 5.91 Å². The summed E-state index contributed by atoms with van der Waals surface area (Å²) in [4.78, 5) is 15.7. The van der Waals surface area contributed by atoms with E-state index < -0.39 is 0 Å². The van der Waals surface area contributed by atoms with Crippen molar-refractivity contribution in [1.82, 2.24) is 10.3 Å². The van der Waals surface area contributed by atoms with Crippen LogP contribution >= 0.6 is 15.9 Å². The fourth-order valence-electron chi connectivity index (χ4n) is 1.85. The highest BCUT2D eigenvalue weighted by Crippen LogP contribution is 2.26. The van der Waals surface area contributed by atoms with Gasteiger partial charge in [-0.1, -0.05) is 20.8 Å². The molecule has 3 nitrogen and oxygen atoms in total. The third-order valence-corrected chi connectivity index (χ3v) is 3.52. The minimum Gasteiger partial charge on any atom is -0.349 e. The largest absolute Gasteiger partial charge is 0.349 e. The van der Waals surface area contributed by atoms with Crippen molar-refractivity contribution in [2.45, 2.75) is 46.1 Å². The highest BCUT2D eigenvalue weighted by atomic mass is 79.9. The Hall–Kier alpha value is -0.900. The van der Waals surface area contributed by atoms with Gasteiger partial charge in [0.05, 0.1) is 6.04 Å². The summed E-state index contributed by atoms with van der Waals surface area (Å²) < 4.78 is 1.02. The Morgan fingerprint density at radius 3 is 2.65 bits per heavy atom. The van der Waals surface area contributed by atoms with Gasteiger partial charge in [0.1, 0.15) is 0 Å². The number of aromatic nitrogens is 1. The maximum atomic E-state index is 11.5. The van der Waals surface area contributed by atoms with Crippen LogP contribution in [-0.2, 0) is 11.2 Å². The third-order valence-electron chi connectivity index (χ3n) is 2.83. The van der Waals surface area contributed by atoms with E-state index in [2.05, 4.69) is 40.1 Å². The first kappa shape index (κ1) is 14.2. The minimum absolute atomic E-state index is 0.0578. The van der Waals surface area contributed by atoms with Crippen LogP contribution in [0, 0.1) is 0 Å². The highest BCUT2D eigenvalue weighted by Gasteiger charge is 2.16. The van der Waals surface area contributed by atoms with Crippen LogP contribution in [0.4, 0.5) is 0 Å². The Labute approximate surface area is 111 Å². The second kappa shape index (κ2) is 6.74. The van der Waals surface area contributed by atoms with Crippen molar-refractivity contribution in [3.63, 3.8) is 0 Å². The molecule has 94 valence electrons. The van der Waals surface area contributed by atoms with Crippen molar-refractivity contribution in [2.75, 3.05) is 0 Å². The average molecular weight is 299 g/mol. The van der Waals surface area contributed by atoms with Crippen LogP contribution in [-0.4, -0.2) is 10.9 Å². The van der Waals surface area contributed by atoms with Gasteiger partial charge in [-0.25, -0.2) is 0 Å². The van der Waals surface area contributed by atoms with Crippen molar-refractivity contribution in [3.05, 3.63) is 28.0 Å². The van der Waals surface area contributed by atoms with Crippen LogP contribution in [0.3, 0.4) is 0 Å². The molecule has 0 fully saturated rings. The van der Waals surface area contributed by atoms with E-state index in [9.17, 15) is 4.79 Å². The Bertz CT molecular complexity index is 393. The maximum Gasteiger partial charge on any atom is 0.220 e. The number of rotatable bonds is 5. The summed E-state index contributed by atoms with van der Waals surface area (Å²) >= 11 is 3.51. The lowest BCUT2D eigenvalue weighted by molar-refractivity contribution is -0.121. The normalized spacial score (nSPS) is 12.2. The molecule has 1 aromatic heterocycles. The number of hydrogen-bond donors (Lipinski definition) is 1. The summed E-state index contributed by atoms with van der Waals surface area (Å²) in [5, 5.41) is 3.03. The Balaban J connectivity index is 3.03. The van der Waals surface area contributed by atoms with Gasteiger partial charge in [-0.2, -0.15) is 0 Å². The summed E-state index contributed by atoms with van der Waals surface area (Å²) in [6, 6.07) is 0.0578. The van der Waals surface area contributed by atoms with Gasteiger partial charge in [0.15, 0.2) is 0 Å². The molecule has 0 radical (unpaired) electrons. The molecule has 0 aliphatic heterocycles. The van der Waals surface area contributed by atoms with E-state index in [-0.39, 0.29) is 11.9 Å². The van der Waals surface area contributed by atoms with Gasteiger partial charge in [-0.15, -0.1) is 0 Å². The van der Waals surface area contributed by atoms with Crippen LogP contribution in [0.15, 0.2) is 16.9 Å². The van der Waals surface area contributed by atoms with Gasteiger partial charge in [-0.3, -0.25) is 9.78 Å². The van der Waals surface area contributed by atoms with E-state index in [4.69, 9.17) is 0 Å². The molecule has 0 aliphatic carbocycles. The Morgan fingerprint density at radius 1 is 1.41 bits per heavy atom. The van der Waals surface area contributed by atoms with Crippen LogP contribution in [0.5, 0.6) is 0 Å². The molecule has 0 spiro atoms. The topological polar surface area (TPSA) is 42.0 Å². The molecule has 4 heteroatoms. The molecular formula is C13H19BrN2O. The summed E-state index contributed by atoms with van der Waals surface area (Å²) in [6.07, 6.45) is 5.97. The van der Waals surface area contributed by atoms with Crippen LogP contribution in [0.1, 0.15) is 50.8 Å². The molecule has 1 amide bonds. The molecule has 0 saturated heterocycles. The summed E-state index contributed by atoms with van der Waals surface area (Å²) in [5.41, 5.74) is 2.34. The number of hydrogen-bond acceptors (Lipinski definition) is 2. The third kappa shape index (κ3) is 3.53. The minimum atomic E-state index is 0.0578. The van der Waals surface area contributed by atoms with Gasteiger partial charge < -0.3 is 5.32 Å². The molecular weight excluding hydrogens is 280 g/mol. The van der Waals surface area contributed by atoms with Crippen LogP contribution in [0.2, 0.25) is 0 Å². The van der Waals surface area contributed by atoms with E-state index in [0.717, 1.165) is 22.9 Å². The first-order chi connectivity index (χ1) is 8.13. The Morgan fingerprint density at radius 2 is 2.12 bits per heavy atom. The maximum absolute atomic E-state index is 11.5. The number of carbonyl (C=O) groups is 1. The molecule has 17 heavy (non-hydrogen) atoms. The van der Waals surface area contributed by atoms with E-state index in [1.165, 1.54) is 5.56 Å². The fourth-order valence-corrected chi connectivity index (χ4v) is 2.47. The number of carbonyl (C=O) groups excluding carboxylic acids is 1. The van der Waals surface area contributed by atoms with E-state index in [1.54, 1.807) is 6.20 Å². The van der Waals surface area contributed by atoms with Gasteiger partial charge in [0, 0.05) is 23.3 Å². The average Bonchev–Trinajstić information content (AvgIpc) is 2.35. The Kier molecular flexibility index (Phi) is 5.62. The van der Waals surface area contributed by atoms with E-state index >= 15 is 0 Å². The number of nitrogens with one attached hydrogen (secondary N) is 1. The zero-order valence-corrected chi connectivity index (χ0v) is 12.2. The quantitative estimate of drug-likeness (QED) is 0.905. The lowest BCUT2D eigenvalue weighted by Crippen LogP contribution is -2.28. The predicted molar refractivity (Wildman–Crippen MR) is 72.8 cm³/mol. The predicted octanol–water partition coefficient (Wildman–Crippen LogP) is 3.38. The number of amides is 1. The lowest BCUT2D eigenvalue weighted by Gasteiger charge is -2.20. The molecule has 0 bridgehead atoms. The highest BCUT2D eigenvalue weighted by molar-refractivity contribution is 9.10. The zero-order chi connectivity index (χ0) is 12.8. The monoisotopic (exact) mass is 298 g/mol. The van der Waals surface area contributed by atoms with Crippen molar-refractivity contribution in [3.8, 4) is 0 Å². The van der Waals surface area contributed by atoms with Gasteiger partial charge in [-0.05, 0) is 39.9 Å². The van der Waals surface area contributed by atoms with Gasteiger partial charge >= 0.3 is 0 Å². The molecule has 0 aromatic carbocycles. The van der Waals surface area contributed by atoms with Crippen molar-refractivity contribution in [1.29, 1.82) is 0 Å². The molecule has 1 rings (SSSR count). The summed E-state index contributed by atoms with van der Waals surface area (Å²) in [7, 11) is 0. The summed E-state index contributed by atoms with van der Waals surface area (Å²) in [6.45, 7) is 6.04. The van der Waals surface area contributed by atoms with Crippen LogP contribution in [0.25, 0.3) is 0 Å². The number of nitrogens with zero attached hydrogens (tertiary/aromatic N) is 1. The van der Waals surface area contributed by atoms with E-state index in [1.807, 2.05) is 13.1 Å². The molecule has 0 saturated carbocycles. The molecule has 1 aromatic rings. The second-order valence-electron chi connectivity index (χ2n) is 3.92. The van der Waals surface area contributed by atoms with Crippen molar-refractivity contribution in [2.24, 2.45) is 0 Å². The van der Waals surface area contributed by atoms with Gasteiger partial charge in [0.25, 0.3) is 0 Å². The molecule has 0 aliphatic rings. The molecule has 1 heterocycles. The fraction of sp³-hybridized carbons (Fsp3) is 0.538. The molecule has 1 unspecified atom stereocenters. The van der Waals surface area contributed by atoms with Crippen molar-refractivity contribution < 1.29 is 4.79 Å². The first-order valence-corrected chi connectivity index (χ1v) is 6.84. The zero-order valence-electron chi connectivity index (χ0n) is 10.6. The molecule has 1 N–H and O–H groups in total. The number of halogens is 1. The van der Waals surface area contributed by atoms with Crippen molar-refractivity contribution >= 4 is 21.8 Å². The summed E-state index contributed by atoms with van der Waals surface area (Å²) in [5.74, 6) is 0.0823. The standard InChI is InChI=1S/C13H19BrN2O/c1-4-9-10(7-15-8-11(9)14)12(5-2)16-13(17)6-3/h7-8,12H,4-6H2,1-3H3,(H,16,17). The second-order valence-corrected chi connectivity index (χ2v) is 4.78. The smallest absolute Gasteiger partial charge is 0.220 e. The molecule has 1 atom stereocenters. The van der Waals surface area contributed by atoms with E-state index in [0.29, 0.717) is 6.42 Å².